The summed E-state index contributed by atoms with van der Waals surface area (Å²) < 4.78 is 5.01. The van der Waals surface area contributed by atoms with Gasteiger partial charge in [-0.15, -0.1) is 11.3 Å². The average Bonchev–Trinajstić information content (AvgIpc) is 2.74. The molecule has 1 aromatic rings. The van der Waals surface area contributed by atoms with Crippen LogP contribution in [0.15, 0.2) is 0 Å². The standard InChI is InChI=1S/C20H30N2O3S/c1-13-9-14(2)11-22(10-13)12-17(23)21-19-18(20(24)25-3)15-7-5-4-6-8-16(15)26-19/h13-14H,4-12H2,1-3H3,(H,21,23). The van der Waals surface area contributed by atoms with Crippen LogP contribution in [-0.4, -0.2) is 43.5 Å². The van der Waals surface area contributed by atoms with Gasteiger partial charge in [0, 0.05) is 18.0 Å². The van der Waals surface area contributed by atoms with Crippen molar-refractivity contribution in [2.75, 3.05) is 32.1 Å². The van der Waals surface area contributed by atoms with Gasteiger partial charge in [-0.05, 0) is 49.5 Å². The second kappa shape index (κ2) is 8.53. The number of thiophene rings is 1. The molecule has 0 spiro atoms. The van der Waals surface area contributed by atoms with E-state index in [9.17, 15) is 9.59 Å². The van der Waals surface area contributed by atoms with E-state index in [0.717, 1.165) is 44.3 Å². The van der Waals surface area contributed by atoms with Crippen LogP contribution < -0.4 is 5.32 Å². The minimum absolute atomic E-state index is 0.0344. The molecule has 2 atom stereocenters. The van der Waals surface area contributed by atoms with E-state index in [0.29, 0.717) is 28.9 Å². The number of hydrogen-bond acceptors (Lipinski definition) is 5. The highest BCUT2D eigenvalue weighted by atomic mass is 32.1. The number of methoxy groups -OCH3 is 1. The van der Waals surface area contributed by atoms with Crippen LogP contribution in [0.1, 0.15) is 60.3 Å². The molecule has 6 heteroatoms. The number of anilines is 1. The molecule has 1 aromatic heterocycles. The van der Waals surface area contributed by atoms with E-state index in [-0.39, 0.29) is 11.9 Å². The Morgan fingerprint density at radius 2 is 1.85 bits per heavy atom. The number of ether oxygens (including phenoxy) is 1. The minimum Gasteiger partial charge on any atom is -0.465 e. The number of piperidine rings is 1. The molecule has 3 rings (SSSR count). The fourth-order valence-electron chi connectivity index (χ4n) is 4.44. The fraction of sp³-hybridized carbons (Fsp3) is 0.700. The second-order valence-electron chi connectivity index (χ2n) is 7.95. The van der Waals surface area contributed by atoms with Crippen LogP contribution in [0.5, 0.6) is 0 Å². The lowest BCUT2D eigenvalue weighted by Gasteiger charge is -2.34. The molecule has 1 amide bonds. The maximum Gasteiger partial charge on any atom is 0.341 e. The summed E-state index contributed by atoms with van der Waals surface area (Å²) in [6.45, 7) is 6.79. The van der Waals surface area contributed by atoms with Gasteiger partial charge in [0.2, 0.25) is 5.91 Å². The molecule has 5 nitrogen and oxygen atoms in total. The van der Waals surface area contributed by atoms with Crippen LogP contribution in [-0.2, 0) is 22.4 Å². The SMILES string of the molecule is COC(=O)c1c(NC(=O)CN2CC(C)CC(C)C2)sc2c1CCCCC2. The number of carbonyl (C=O) groups excluding carboxylic acids is 2. The van der Waals surface area contributed by atoms with Gasteiger partial charge in [-0.25, -0.2) is 4.79 Å². The molecule has 1 aliphatic carbocycles. The van der Waals surface area contributed by atoms with E-state index < -0.39 is 0 Å². The van der Waals surface area contributed by atoms with E-state index in [2.05, 4.69) is 24.1 Å². The van der Waals surface area contributed by atoms with Crippen molar-refractivity contribution in [2.24, 2.45) is 11.8 Å². The number of fused-ring (bicyclic) bond motifs is 1. The number of nitrogens with one attached hydrogen (secondary N) is 1. The van der Waals surface area contributed by atoms with Gasteiger partial charge in [-0.2, -0.15) is 0 Å². The predicted octanol–water partition coefficient (Wildman–Crippen LogP) is 3.72. The van der Waals surface area contributed by atoms with E-state index in [4.69, 9.17) is 4.74 Å². The van der Waals surface area contributed by atoms with Crippen LogP contribution in [0.3, 0.4) is 0 Å². The Hall–Kier alpha value is -1.40. The molecule has 2 aliphatic rings. The molecule has 0 bridgehead atoms. The highest BCUT2D eigenvalue weighted by Crippen LogP contribution is 2.38. The molecular weight excluding hydrogens is 348 g/mol. The molecule has 1 aliphatic heterocycles. The van der Waals surface area contributed by atoms with Crippen molar-refractivity contribution in [3.8, 4) is 0 Å². The Bertz CT molecular complexity index is 660. The second-order valence-corrected chi connectivity index (χ2v) is 9.05. The first-order chi connectivity index (χ1) is 12.5. The molecule has 1 N–H and O–H groups in total. The third kappa shape index (κ3) is 4.46. The largest absolute Gasteiger partial charge is 0.465 e. The van der Waals surface area contributed by atoms with Gasteiger partial charge in [0.15, 0.2) is 0 Å². The van der Waals surface area contributed by atoms with E-state index in [1.54, 1.807) is 11.3 Å². The van der Waals surface area contributed by atoms with Gasteiger partial charge >= 0.3 is 5.97 Å². The Kier molecular flexibility index (Phi) is 6.35. The maximum absolute atomic E-state index is 12.6. The number of aryl methyl sites for hydroxylation is 1. The molecule has 1 fully saturated rings. The van der Waals surface area contributed by atoms with Crippen molar-refractivity contribution in [2.45, 2.75) is 52.4 Å². The first-order valence-electron chi connectivity index (χ1n) is 9.73. The summed E-state index contributed by atoms with van der Waals surface area (Å²) in [5.74, 6) is 0.873. The summed E-state index contributed by atoms with van der Waals surface area (Å²) >= 11 is 1.56. The molecule has 144 valence electrons. The van der Waals surface area contributed by atoms with Gasteiger partial charge in [0.05, 0.1) is 19.2 Å². The number of esters is 1. The molecule has 26 heavy (non-hydrogen) atoms. The zero-order valence-corrected chi connectivity index (χ0v) is 16.9. The summed E-state index contributed by atoms with van der Waals surface area (Å²) in [7, 11) is 1.41. The van der Waals surface area contributed by atoms with Gasteiger partial charge in [0.25, 0.3) is 0 Å². The molecule has 2 unspecified atom stereocenters. The van der Waals surface area contributed by atoms with Crippen LogP contribution in [0.4, 0.5) is 5.00 Å². The molecular formula is C20H30N2O3S. The minimum atomic E-state index is -0.333. The Balaban J connectivity index is 1.74. The maximum atomic E-state index is 12.6. The summed E-state index contributed by atoms with van der Waals surface area (Å²) in [4.78, 5) is 28.5. The number of likely N-dealkylation sites (tertiary alicyclic amines) is 1. The van der Waals surface area contributed by atoms with Crippen LogP contribution in [0, 0.1) is 11.8 Å². The summed E-state index contributed by atoms with van der Waals surface area (Å²) in [5, 5.41) is 3.69. The number of amides is 1. The molecule has 0 radical (unpaired) electrons. The smallest absolute Gasteiger partial charge is 0.341 e. The van der Waals surface area contributed by atoms with Gasteiger partial charge in [0.1, 0.15) is 5.00 Å². The van der Waals surface area contributed by atoms with Gasteiger partial charge < -0.3 is 10.1 Å². The summed E-state index contributed by atoms with van der Waals surface area (Å²) in [5.41, 5.74) is 1.68. The average molecular weight is 379 g/mol. The van der Waals surface area contributed by atoms with Gasteiger partial charge in [-0.3, -0.25) is 9.69 Å². The molecule has 2 heterocycles. The lowest BCUT2D eigenvalue weighted by molar-refractivity contribution is -0.117. The van der Waals surface area contributed by atoms with Crippen molar-refractivity contribution < 1.29 is 14.3 Å². The first-order valence-corrected chi connectivity index (χ1v) is 10.5. The first kappa shape index (κ1) is 19.4. The zero-order valence-electron chi connectivity index (χ0n) is 16.1. The molecule has 0 saturated carbocycles. The topological polar surface area (TPSA) is 58.6 Å². The van der Waals surface area contributed by atoms with E-state index in [1.807, 2.05) is 0 Å². The summed E-state index contributed by atoms with van der Waals surface area (Å²) in [6.07, 6.45) is 6.53. The highest BCUT2D eigenvalue weighted by Gasteiger charge is 2.28. The summed E-state index contributed by atoms with van der Waals surface area (Å²) in [6, 6.07) is 0. The van der Waals surface area contributed by atoms with Crippen molar-refractivity contribution in [1.29, 1.82) is 0 Å². The van der Waals surface area contributed by atoms with Crippen molar-refractivity contribution in [3.05, 3.63) is 16.0 Å². The monoisotopic (exact) mass is 378 g/mol. The third-order valence-corrected chi connectivity index (χ3v) is 6.58. The fourth-order valence-corrected chi connectivity index (χ4v) is 5.73. The van der Waals surface area contributed by atoms with Gasteiger partial charge in [-0.1, -0.05) is 20.3 Å². The van der Waals surface area contributed by atoms with Crippen molar-refractivity contribution >= 4 is 28.2 Å². The van der Waals surface area contributed by atoms with Crippen molar-refractivity contribution in [1.82, 2.24) is 4.90 Å². The Labute approximate surface area is 160 Å². The lowest BCUT2D eigenvalue weighted by atomic mass is 9.92. The highest BCUT2D eigenvalue weighted by molar-refractivity contribution is 7.17. The van der Waals surface area contributed by atoms with Crippen LogP contribution in [0.25, 0.3) is 0 Å². The Morgan fingerprint density at radius 3 is 2.54 bits per heavy atom. The van der Waals surface area contributed by atoms with E-state index in [1.165, 1.54) is 24.8 Å². The quantitative estimate of drug-likeness (QED) is 0.641. The number of rotatable bonds is 4. The normalized spacial score (nSPS) is 23.8. The zero-order chi connectivity index (χ0) is 18.7. The van der Waals surface area contributed by atoms with Crippen LogP contribution in [0.2, 0.25) is 0 Å². The molecule has 1 saturated heterocycles. The number of hydrogen-bond donors (Lipinski definition) is 1. The third-order valence-electron chi connectivity index (χ3n) is 5.38. The number of carbonyl (C=O) groups is 2. The Morgan fingerprint density at radius 1 is 1.15 bits per heavy atom. The van der Waals surface area contributed by atoms with Crippen molar-refractivity contribution in [3.63, 3.8) is 0 Å². The number of nitrogens with zero attached hydrogens (tertiary/aromatic N) is 1. The van der Waals surface area contributed by atoms with E-state index >= 15 is 0 Å². The lowest BCUT2D eigenvalue weighted by Crippen LogP contribution is -2.42. The predicted molar refractivity (Wildman–Crippen MR) is 105 cm³/mol. The molecule has 0 aromatic carbocycles. The van der Waals surface area contributed by atoms with Crippen LogP contribution >= 0.6 is 11.3 Å².